The fourth-order valence-corrected chi connectivity index (χ4v) is 2.63. The first-order valence-corrected chi connectivity index (χ1v) is 7.24. The van der Waals surface area contributed by atoms with E-state index in [0.29, 0.717) is 6.61 Å². The summed E-state index contributed by atoms with van der Waals surface area (Å²) in [5.74, 6) is 0. The predicted octanol–water partition coefficient (Wildman–Crippen LogP) is 3.06. The summed E-state index contributed by atoms with van der Waals surface area (Å²) in [7, 11) is 0. The van der Waals surface area contributed by atoms with Crippen molar-refractivity contribution in [1.29, 1.82) is 0 Å². The Morgan fingerprint density at radius 3 is 2.90 bits per heavy atom. The topological polar surface area (TPSA) is 12.5 Å². The smallest absolute Gasteiger partial charge is 0.0717 e. The molecule has 0 atom stereocenters. The third kappa shape index (κ3) is 3.47. The van der Waals surface area contributed by atoms with E-state index in [4.69, 9.17) is 4.74 Å². The molecule has 1 aliphatic rings. The van der Waals surface area contributed by atoms with Crippen LogP contribution in [0.25, 0.3) is 0 Å². The highest BCUT2D eigenvalue weighted by Gasteiger charge is 2.15. The van der Waals surface area contributed by atoms with Crippen LogP contribution in [-0.2, 0) is 24.3 Å². The van der Waals surface area contributed by atoms with Crippen molar-refractivity contribution in [3.8, 4) is 0 Å². The zero-order chi connectivity index (χ0) is 13.6. The molecule has 0 fully saturated rings. The Labute approximate surface area is 121 Å². The van der Waals surface area contributed by atoms with Gasteiger partial charge in [0.15, 0.2) is 0 Å². The maximum Gasteiger partial charge on any atom is 0.0717 e. The number of fused-ring (bicyclic) bond motifs is 1. The van der Waals surface area contributed by atoms with E-state index >= 15 is 0 Å². The average molecular weight is 266 g/mol. The van der Waals surface area contributed by atoms with Crippen molar-refractivity contribution in [1.82, 2.24) is 4.90 Å². The monoisotopic (exact) mass is 266 g/mol. The third-order valence-electron chi connectivity index (χ3n) is 3.77. The Kier molecular flexibility index (Phi) is 4.46. The molecular weight excluding hydrogens is 246 g/mol. The summed E-state index contributed by atoms with van der Waals surface area (Å²) in [6.07, 6.45) is 1.11. The molecule has 20 heavy (non-hydrogen) atoms. The van der Waals surface area contributed by atoms with Gasteiger partial charge in [-0.3, -0.25) is 4.90 Å². The zero-order valence-electron chi connectivity index (χ0n) is 11.7. The molecule has 1 heterocycles. The maximum atomic E-state index is 5.76. The number of rotatable bonds is 5. The molecule has 2 aromatic rings. The molecule has 0 bridgehead atoms. The van der Waals surface area contributed by atoms with Crippen molar-refractivity contribution in [3.05, 3.63) is 71.3 Å². The molecule has 3 rings (SSSR count). The van der Waals surface area contributed by atoms with Crippen LogP contribution < -0.4 is 0 Å². The highest BCUT2D eigenvalue weighted by atomic mass is 16.5. The number of hydrogen-bond acceptors (Lipinski definition) is 2. The van der Waals surface area contributed by atoms with Crippen molar-refractivity contribution >= 4 is 0 Å². The van der Waals surface area contributed by atoms with Gasteiger partial charge in [0.2, 0.25) is 0 Å². The normalized spacial score (nSPS) is 15.0. The molecule has 0 spiro atoms. The van der Waals surface area contributed by atoms with Crippen LogP contribution in [0.4, 0.5) is 0 Å². The van der Waals surface area contributed by atoms with Gasteiger partial charge >= 0.3 is 0 Å². The molecule has 2 nitrogen and oxygen atoms in total. The number of ether oxygens (including phenoxy) is 1. The van der Waals surface area contributed by atoms with Crippen molar-refractivity contribution in [2.24, 2.45) is 0 Å². The molecule has 0 unspecified atom stereocenters. The van der Waals surface area contributed by atoms with Crippen LogP contribution in [0.2, 0.25) is 0 Å². The first kappa shape index (κ1) is 13.3. The van der Waals surface area contributed by atoms with Crippen molar-refractivity contribution < 1.29 is 4.74 Å². The lowest BCUT2D eigenvalue weighted by Crippen LogP contribution is -2.33. The van der Waals surface area contributed by atoms with Gasteiger partial charge in [0.05, 0.1) is 13.2 Å². The minimum absolute atomic E-state index is 0.707. The van der Waals surface area contributed by atoms with Crippen LogP contribution in [0.1, 0.15) is 16.7 Å². The summed E-state index contributed by atoms with van der Waals surface area (Å²) in [5, 5.41) is 0. The van der Waals surface area contributed by atoms with Crippen molar-refractivity contribution in [3.63, 3.8) is 0 Å². The summed E-state index contributed by atoms with van der Waals surface area (Å²) < 4.78 is 5.76. The Balaban J connectivity index is 1.42. The predicted molar refractivity (Wildman–Crippen MR) is 80.4 cm³/mol. The summed E-state index contributed by atoms with van der Waals surface area (Å²) in [6.45, 7) is 4.64. The highest BCUT2D eigenvalue weighted by Crippen LogP contribution is 2.17. The van der Waals surface area contributed by atoms with Crippen molar-refractivity contribution in [2.75, 3.05) is 19.7 Å². The van der Waals surface area contributed by atoms with Gasteiger partial charge in [-0.05, 0) is 29.2 Å². The Morgan fingerprint density at radius 2 is 2.00 bits per heavy atom. The SMILES string of the molecule is [c]1cccc2c1CCN(CCOCc1ccccc1)C2. The van der Waals surface area contributed by atoms with Crippen LogP contribution in [0.3, 0.4) is 0 Å². The maximum absolute atomic E-state index is 5.76. The van der Waals surface area contributed by atoms with E-state index < -0.39 is 0 Å². The zero-order valence-corrected chi connectivity index (χ0v) is 11.7. The van der Waals surface area contributed by atoms with Gasteiger partial charge in [0.25, 0.3) is 0 Å². The Morgan fingerprint density at radius 1 is 1.10 bits per heavy atom. The highest BCUT2D eigenvalue weighted by molar-refractivity contribution is 5.27. The lowest BCUT2D eigenvalue weighted by Gasteiger charge is -2.28. The van der Waals surface area contributed by atoms with Crippen LogP contribution in [0.5, 0.6) is 0 Å². The second kappa shape index (κ2) is 6.69. The fourth-order valence-electron chi connectivity index (χ4n) is 2.63. The van der Waals surface area contributed by atoms with E-state index in [0.717, 1.165) is 32.7 Å². The molecule has 1 radical (unpaired) electrons. The van der Waals surface area contributed by atoms with E-state index in [1.165, 1.54) is 16.7 Å². The average Bonchev–Trinajstić information content (AvgIpc) is 2.52. The van der Waals surface area contributed by atoms with Crippen LogP contribution in [0, 0.1) is 6.07 Å². The number of nitrogens with zero attached hydrogens (tertiary/aromatic N) is 1. The molecule has 0 aliphatic carbocycles. The largest absolute Gasteiger partial charge is 0.375 e. The van der Waals surface area contributed by atoms with Gasteiger partial charge in [-0.15, -0.1) is 0 Å². The van der Waals surface area contributed by atoms with Gasteiger partial charge in [0, 0.05) is 19.6 Å². The fraction of sp³-hybridized carbons (Fsp3) is 0.333. The summed E-state index contributed by atoms with van der Waals surface area (Å²) in [4.78, 5) is 2.46. The first-order valence-electron chi connectivity index (χ1n) is 7.24. The van der Waals surface area contributed by atoms with E-state index in [9.17, 15) is 0 Å². The Bertz CT molecular complexity index is 538. The second-order valence-electron chi connectivity index (χ2n) is 5.24. The molecule has 0 saturated heterocycles. The Hall–Kier alpha value is -1.64. The van der Waals surface area contributed by atoms with E-state index in [-0.39, 0.29) is 0 Å². The molecule has 0 N–H and O–H groups in total. The molecule has 1 aliphatic heterocycles. The van der Waals surface area contributed by atoms with Crippen molar-refractivity contribution in [2.45, 2.75) is 19.6 Å². The second-order valence-corrected chi connectivity index (χ2v) is 5.24. The molecule has 0 saturated carbocycles. The van der Waals surface area contributed by atoms with Crippen LogP contribution in [0.15, 0.2) is 48.5 Å². The molecule has 2 aromatic carbocycles. The van der Waals surface area contributed by atoms with Gasteiger partial charge < -0.3 is 4.74 Å². The molecule has 0 aromatic heterocycles. The van der Waals surface area contributed by atoms with E-state index in [1.807, 2.05) is 12.1 Å². The summed E-state index contributed by atoms with van der Waals surface area (Å²) in [5.41, 5.74) is 4.04. The minimum Gasteiger partial charge on any atom is -0.375 e. The molecule has 2 heteroatoms. The summed E-state index contributed by atoms with van der Waals surface area (Å²) >= 11 is 0. The van der Waals surface area contributed by atoms with Crippen LogP contribution >= 0.6 is 0 Å². The van der Waals surface area contributed by atoms with Gasteiger partial charge in [-0.1, -0.05) is 48.5 Å². The minimum atomic E-state index is 0.707. The number of hydrogen-bond donors (Lipinski definition) is 0. The quantitative estimate of drug-likeness (QED) is 0.771. The molecule has 0 amide bonds. The summed E-state index contributed by atoms with van der Waals surface area (Å²) in [6, 6.07) is 20.0. The lowest BCUT2D eigenvalue weighted by atomic mass is 10.0. The molecule has 103 valence electrons. The van der Waals surface area contributed by atoms with Gasteiger partial charge in [-0.25, -0.2) is 0 Å². The van der Waals surface area contributed by atoms with Crippen LogP contribution in [-0.4, -0.2) is 24.6 Å². The third-order valence-corrected chi connectivity index (χ3v) is 3.77. The lowest BCUT2D eigenvalue weighted by molar-refractivity contribution is 0.0886. The standard InChI is InChI=1S/C18H20NO/c1-2-6-16(7-3-1)15-20-13-12-19-11-10-17-8-4-5-9-18(17)14-19/h1-7,9H,10-15H2. The van der Waals surface area contributed by atoms with Gasteiger partial charge in [-0.2, -0.15) is 0 Å². The van der Waals surface area contributed by atoms with E-state index in [2.05, 4.69) is 47.4 Å². The first-order chi connectivity index (χ1) is 9.92. The van der Waals surface area contributed by atoms with Gasteiger partial charge in [0.1, 0.15) is 0 Å². The number of benzene rings is 2. The van der Waals surface area contributed by atoms with E-state index in [1.54, 1.807) is 0 Å². The molecular formula is C18H20NO.